The Hall–Kier alpha value is -1.22. The monoisotopic (exact) mass is 264 g/mol. The maximum absolute atomic E-state index is 9.16. The van der Waals surface area contributed by atoms with Crippen LogP contribution in [-0.4, -0.2) is 18.8 Å². The lowest BCUT2D eigenvalue weighted by Crippen LogP contribution is -2.11. The van der Waals surface area contributed by atoms with Crippen LogP contribution in [0.4, 0.5) is 0 Å². The van der Waals surface area contributed by atoms with Crippen LogP contribution >= 0.6 is 0 Å². The van der Waals surface area contributed by atoms with E-state index in [1.54, 1.807) is 7.11 Å². The molecule has 1 aliphatic rings. The van der Waals surface area contributed by atoms with E-state index in [1.807, 2.05) is 18.2 Å². The molecule has 0 aromatic heterocycles. The van der Waals surface area contributed by atoms with E-state index >= 15 is 0 Å². The largest absolute Gasteiger partial charge is 0.493 e. The zero-order chi connectivity index (χ0) is 13.5. The molecule has 0 bridgehead atoms. The first-order chi connectivity index (χ1) is 9.33. The highest BCUT2D eigenvalue weighted by Gasteiger charge is 2.14. The second-order valence-corrected chi connectivity index (χ2v) is 5.28. The quantitative estimate of drug-likeness (QED) is 0.854. The molecule has 0 saturated heterocycles. The third-order valence-corrected chi connectivity index (χ3v) is 3.92. The Morgan fingerprint density at radius 3 is 2.63 bits per heavy atom. The van der Waals surface area contributed by atoms with Crippen LogP contribution in [0.1, 0.15) is 44.1 Å². The highest BCUT2D eigenvalue weighted by atomic mass is 16.5. The van der Waals surface area contributed by atoms with Gasteiger partial charge >= 0.3 is 0 Å². The molecule has 0 aliphatic heterocycles. The summed E-state index contributed by atoms with van der Waals surface area (Å²) in [5, 5.41) is 9.16. The Morgan fingerprint density at radius 1 is 1.16 bits per heavy atom. The molecule has 1 saturated carbocycles. The van der Waals surface area contributed by atoms with Crippen molar-refractivity contribution >= 4 is 0 Å². The molecule has 1 N–H and O–H groups in total. The summed E-state index contributed by atoms with van der Waals surface area (Å²) in [5.74, 6) is 2.30. The summed E-state index contributed by atoms with van der Waals surface area (Å²) in [6.45, 7) is 0.763. The molecule has 3 heteroatoms. The highest BCUT2D eigenvalue weighted by molar-refractivity contribution is 5.42. The van der Waals surface area contributed by atoms with Crippen LogP contribution in [0.3, 0.4) is 0 Å². The standard InChI is InChI=1S/C16H24O3/c1-18-15-8-7-14(12-17)11-16(15)19-10-9-13-5-3-2-4-6-13/h7-8,11,13,17H,2-6,9-10,12H2,1H3. The maximum atomic E-state index is 9.16. The van der Waals surface area contributed by atoms with Crippen molar-refractivity contribution in [1.29, 1.82) is 0 Å². The molecule has 1 aromatic carbocycles. The smallest absolute Gasteiger partial charge is 0.161 e. The number of methoxy groups -OCH3 is 1. The Balaban J connectivity index is 1.86. The first kappa shape index (κ1) is 14.2. The SMILES string of the molecule is COc1ccc(CO)cc1OCCC1CCCCC1. The third-order valence-electron chi connectivity index (χ3n) is 3.92. The Bertz CT molecular complexity index is 384. The zero-order valence-corrected chi connectivity index (χ0v) is 11.7. The van der Waals surface area contributed by atoms with Crippen molar-refractivity contribution in [2.24, 2.45) is 5.92 Å². The van der Waals surface area contributed by atoms with E-state index in [4.69, 9.17) is 14.6 Å². The summed E-state index contributed by atoms with van der Waals surface area (Å²) in [4.78, 5) is 0. The van der Waals surface area contributed by atoms with Gasteiger partial charge < -0.3 is 14.6 Å². The Kier molecular flexibility index (Phi) is 5.52. The molecule has 0 heterocycles. The Morgan fingerprint density at radius 2 is 1.95 bits per heavy atom. The minimum atomic E-state index is 0.0307. The molecule has 0 atom stereocenters. The second kappa shape index (κ2) is 7.39. The van der Waals surface area contributed by atoms with Crippen LogP contribution in [-0.2, 0) is 6.61 Å². The summed E-state index contributed by atoms with van der Waals surface area (Å²) in [6, 6.07) is 5.56. The van der Waals surface area contributed by atoms with Gasteiger partial charge in [0.05, 0.1) is 20.3 Å². The van der Waals surface area contributed by atoms with E-state index < -0.39 is 0 Å². The molecule has 1 aliphatic carbocycles. The lowest BCUT2D eigenvalue weighted by Gasteiger charge is -2.21. The minimum absolute atomic E-state index is 0.0307. The van der Waals surface area contributed by atoms with Crippen molar-refractivity contribution in [3.8, 4) is 11.5 Å². The van der Waals surface area contributed by atoms with Gasteiger partial charge in [0.2, 0.25) is 0 Å². The number of hydrogen-bond donors (Lipinski definition) is 1. The van der Waals surface area contributed by atoms with Gasteiger partial charge in [0.15, 0.2) is 11.5 Å². The minimum Gasteiger partial charge on any atom is -0.493 e. The van der Waals surface area contributed by atoms with E-state index in [0.29, 0.717) is 0 Å². The highest BCUT2D eigenvalue weighted by Crippen LogP contribution is 2.30. The molecule has 3 nitrogen and oxygen atoms in total. The average molecular weight is 264 g/mol. The van der Waals surface area contributed by atoms with Crippen LogP contribution < -0.4 is 9.47 Å². The predicted octanol–water partition coefficient (Wildman–Crippen LogP) is 3.54. The summed E-state index contributed by atoms with van der Waals surface area (Å²) < 4.78 is 11.1. The van der Waals surface area contributed by atoms with E-state index in [0.717, 1.165) is 36.0 Å². The third kappa shape index (κ3) is 4.13. The van der Waals surface area contributed by atoms with E-state index in [9.17, 15) is 0 Å². The van der Waals surface area contributed by atoms with Gasteiger partial charge in [-0.1, -0.05) is 38.2 Å². The lowest BCUT2D eigenvalue weighted by molar-refractivity contribution is 0.236. The van der Waals surface area contributed by atoms with Gasteiger partial charge in [-0.2, -0.15) is 0 Å². The van der Waals surface area contributed by atoms with E-state index in [-0.39, 0.29) is 6.61 Å². The first-order valence-electron chi connectivity index (χ1n) is 7.24. The molecule has 0 amide bonds. The number of ether oxygens (including phenoxy) is 2. The lowest BCUT2D eigenvalue weighted by atomic mass is 9.87. The van der Waals surface area contributed by atoms with Crippen molar-refractivity contribution in [3.05, 3.63) is 23.8 Å². The zero-order valence-electron chi connectivity index (χ0n) is 11.7. The molecule has 0 unspecified atom stereocenters. The van der Waals surface area contributed by atoms with Crippen LogP contribution in [0.25, 0.3) is 0 Å². The average Bonchev–Trinajstić information content (AvgIpc) is 2.48. The topological polar surface area (TPSA) is 38.7 Å². The second-order valence-electron chi connectivity index (χ2n) is 5.28. The van der Waals surface area contributed by atoms with Crippen LogP contribution in [0, 0.1) is 5.92 Å². The summed E-state index contributed by atoms with van der Waals surface area (Å²) in [7, 11) is 1.64. The van der Waals surface area contributed by atoms with Crippen molar-refractivity contribution in [1.82, 2.24) is 0 Å². The molecular weight excluding hydrogens is 240 g/mol. The summed E-state index contributed by atoms with van der Waals surface area (Å²) in [6.07, 6.45) is 7.94. The molecule has 1 aromatic rings. The molecule has 1 fully saturated rings. The first-order valence-corrected chi connectivity index (χ1v) is 7.24. The van der Waals surface area contributed by atoms with Gasteiger partial charge in [-0.05, 0) is 30.0 Å². The van der Waals surface area contributed by atoms with Crippen LogP contribution in [0.5, 0.6) is 11.5 Å². The van der Waals surface area contributed by atoms with Crippen molar-refractivity contribution in [2.45, 2.75) is 45.1 Å². The fourth-order valence-electron chi connectivity index (χ4n) is 2.74. The van der Waals surface area contributed by atoms with Crippen molar-refractivity contribution < 1.29 is 14.6 Å². The van der Waals surface area contributed by atoms with Crippen molar-refractivity contribution in [2.75, 3.05) is 13.7 Å². The maximum Gasteiger partial charge on any atom is 0.161 e. The number of rotatable bonds is 6. The van der Waals surface area contributed by atoms with Gasteiger partial charge in [-0.15, -0.1) is 0 Å². The van der Waals surface area contributed by atoms with Crippen LogP contribution in [0.15, 0.2) is 18.2 Å². The van der Waals surface area contributed by atoms with Crippen molar-refractivity contribution in [3.63, 3.8) is 0 Å². The Labute approximate surface area is 115 Å². The molecule has 2 rings (SSSR count). The van der Waals surface area contributed by atoms with Gasteiger partial charge in [0.25, 0.3) is 0 Å². The molecule has 19 heavy (non-hydrogen) atoms. The molecule has 0 radical (unpaired) electrons. The summed E-state index contributed by atoms with van der Waals surface area (Å²) >= 11 is 0. The number of aliphatic hydroxyl groups is 1. The molecule has 106 valence electrons. The molecule has 0 spiro atoms. The fourth-order valence-corrected chi connectivity index (χ4v) is 2.74. The predicted molar refractivity (Wildman–Crippen MR) is 75.6 cm³/mol. The van der Waals surface area contributed by atoms with E-state index in [2.05, 4.69) is 0 Å². The molecular formula is C16H24O3. The number of hydrogen-bond acceptors (Lipinski definition) is 3. The fraction of sp³-hybridized carbons (Fsp3) is 0.625. The van der Waals surface area contributed by atoms with Gasteiger partial charge in [0, 0.05) is 0 Å². The van der Waals surface area contributed by atoms with Gasteiger partial charge in [-0.3, -0.25) is 0 Å². The van der Waals surface area contributed by atoms with Crippen LogP contribution in [0.2, 0.25) is 0 Å². The number of aliphatic hydroxyl groups excluding tert-OH is 1. The number of benzene rings is 1. The summed E-state index contributed by atoms with van der Waals surface area (Å²) in [5.41, 5.74) is 0.855. The van der Waals surface area contributed by atoms with E-state index in [1.165, 1.54) is 32.1 Å². The van der Waals surface area contributed by atoms with Gasteiger partial charge in [-0.25, -0.2) is 0 Å². The normalized spacial score (nSPS) is 16.3. The van der Waals surface area contributed by atoms with Gasteiger partial charge in [0.1, 0.15) is 0 Å².